The molecule has 1 unspecified atom stereocenters. The first-order valence-corrected chi connectivity index (χ1v) is 6.36. The second-order valence-corrected chi connectivity index (χ2v) is 4.61. The summed E-state index contributed by atoms with van der Waals surface area (Å²) >= 11 is 0. The predicted octanol–water partition coefficient (Wildman–Crippen LogP) is 1.22. The summed E-state index contributed by atoms with van der Waals surface area (Å²) in [6.45, 7) is 2.32. The van der Waals surface area contributed by atoms with E-state index in [0.29, 0.717) is 17.8 Å². The van der Waals surface area contributed by atoms with E-state index in [1.54, 1.807) is 36.0 Å². The second kappa shape index (κ2) is 6.29. The molecule has 0 aliphatic carbocycles. The molecule has 6 heteroatoms. The van der Waals surface area contributed by atoms with E-state index in [1.807, 2.05) is 0 Å². The third kappa shape index (κ3) is 3.21. The maximum atomic E-state index is 14.0. The van der Waals surface area contributed by atoms with E-state index in [9.17, 15) is 9.18 Å². The molecule has 1 aromatic heterocycles. The molecule has 0 radical (unpaired) electrons. The zero-order chi connectivity index (χ0) is 14.5. The summed E-state index contributed by atoms with van der Waals surface area (Å²) in [6.07, 6.45) is 4.79. The van der Waals surface area contributed by atoms with Crippen LogP contribution in [0.2, 0.25) is 0 Å². The van der Waals surface area contributed by atoms with Crippen molar-refractivity contribution < 1.29 is 9.18 Å². The van der Waals surface area contributed by atoms with Crippen molar-refractivity contribution in [3.05, 3.63) is 48.3 Å². The lowest BCUT2D eigenvalue weighted by atomic mass is 10.1. The molecule has 20 heavy (non-hydrogen) atoms. The molecule has 1 heterocycles. The lowest BCUT2D eigenvalue weighted by Gasteiger charge is -2.11. The molecule has 1 amide bonds. The van der Waals surface area contributed by atoms with Crippen molar-refractivity contribution in [2.45, 2.75) is 13.5 Å². The smallest absolute Gasteiger partial charge is 0.224 e. The molecule has 2 rings (SSSR count). The van der Waals surface area contributed by atoms with Gasteiger partial charge in [0.1, 0.15) is 5.82 Å². The highest BCUT2D eigenvalue weighted by Crippen LogP contribution is 2.14. The van der Waals surface area contributed by atoms with Gasteiger partial charge in [-0.3, -0.25) is 4.79 Å². The highest BCUT2D eigenvalue weighted by atomic mass is 19.1. The fraction of sp³-hybridized carbons (Fsp3) is 0.286. The SMILES string of the molecule is CC(CN)C(=O)NCc1ccc(-n2ccnc2)c(F)c1. The second-order valence-electron chi connectivity index (χ2n) is 4.61. The predicted molar refractivity (Wildman–Crippen MR) is 73.6 cm³/mol. The van der Waals surface area contributed by atoms with Crippen LogP contribution in [0.4, 0.5) is 4.39 Å². The van der Waals surface area contributed by atoms with E-state index in [1.165, 1.54) is 12.4 Å². The van der Waals surface area contributed by atoms with E-state index in [2.05, 4.69) is 10.3 Å². The number of hydrogen-bond donors (Lipinski definition) is 2. The number of hydrogen-bond acceptors (Lipinski definition) is 3. The topological polar surface area (TPSA) is 72.9 Å². The lowest BCUT2D eigenvalue weighted by Crippen LogP contribution is -2.32. The molecule has 0 spiro atoms. The Morgan fingerprint density at radius 3 is 2.95 bits per heavy atom. The Morgan fingerprint density at radius 2 is 2.35 bits per heavy atom. The first kappa shape index (κ1) is 14.2. The number of nitrogens with zero attached hydrogens (tertiary/aromatic N) is 2. The molecule has 2 aromatic rings. The Hall–Kier alpha value is -2.21. The minimum atomic E-state index is -0.360. The lowest BCUT2D eigenvalue weighted by molar-refractivity contribution is -0.124. The number of nitrogens with two attached hydrogens (primary N) is 1. The fourth-order valence-electron chi connectivity index (χ4n) is 1.74. The summed E-state index contributed by atoms with van der Waals surface area (Å²) in [7, 11) is 0. The van der Waals surface area contributed by atoms with Crippen LogP contribution >= 0.6 is 0 Å². The first-order valence-electron chi connectivity index (χ1n) is 6.36. The maximum Gasteiger partial charge on any atom is 0.224 e. The van der Waals surface area contributed by atoms with Gasteiger partial charge in [-0.2, -0.15) is 0 Å². The molecule has 0 aliphatic rings. The van der Waals surface area contributed by atoms with Crippen molar-refractivity contribution in [2.24, 2.45) is 11.7 Å². The van der Waals surface area contributed by atoms with Crippen LogP contribution in [0.1, 0.15) is 12.5 Å². The van der Waals surface area contributed by atoms with Crippen molar-refractivity contribution in [3.63, 3.8) is 0 Å². The van der Waals surface area contributed by atoms with Crippen LogP contribution in [0.5, 0.6) is 0 Å². The van der Waals surface area contributed by atoms with Gasteiger partial charge in [-0.25, -0.2) is 9.37 Å². The van der Waals surface area contributed by atoms with E-state index in [4.69, 9.17) is 5.73 Å². The molecule has 0 aliphatic heterocycles. The summed E-state index contributed by atoms with van der Waals surface area (Å²) in [5, 5.41) is 2.73. The molecule has 0 bridgehead atoms. The summed E-state index contributed by atoms with van der Waals surface area (Å²) in [4.78, 5) is 15.5. The number of imidazole rings is 1. The van der Waals surface area contributed by atoms with Gasteiger partial charge in [-0.1, -0.05) is 13.0 Å². The van der Waals surface area contributed by atoms with Crippen LogP contribution in [-0.2, 0) is 11.3 Å². The van der Waals surface area contributed by atoms with Gasteiger partial charge in [0, 0.05) is 31.4 Å². The average Bonchev–Trinajstić information content (AvgIpc) is 2.97. The Morgan fingerprint density at radius 1 is 1.55 bits per heavy atom. The molecule has 1 atom stereocenters. The zero-order valence-electron chi connectivity index (χ0n) is 11.2. The van der Waals surface area contributed by atoms with E-state index >= 15 is 0 Å². The van der Waals surface area contributed by atoms with Crippen molar-refractivity contribution in [2.75, 3.05) is 6.54 Å². The molecule has 0 fully saturated rings. The standard InChI is InChI=1S/C14H17FN4O/c1-10(7-16)14(20)18-8-11-2-3-13(12(15)6-11)19-5-4-17-9-19/h2-6,9-10H,7-8,16H2,1H3,(H,18,20). The fourth-order valence-corrected chi connectivity index (χ4v) is 1.74. The van der Waals surface area contributed by atoms with Gasteiger partial charge < -0.3 is 15.6 Å². The summed E-state index contributed by atoms with van der Waals surface area (Å²) < 4.78 is 15.6. The highest BCUT2D eigenvalue weighted by Gasteiger charge is 2.11. The quantitative estimate of drug-likeness (QED) is 0.862. The molecule has 5 nitrogen and oxygen atoms in total. The van der Waals surface area contributed by atoms with Crippen LogP contribution in [-0.4, -0.2) is 22.0 Å². The largest absolute Gasteiger partial charge is 0.352 e. The van der Waals surface area contributed by atoms with Crippen LogP contribution in [0.15, 0.2) is 36.9 Å². The third-order valence-corrected chi connectivity index (χ3v) is 3.06. The summed E-state index contributed by atoms with van der Waals surface area (Å²) in [5.74, 6) is -0.738. The minimum absolute atomic E-state index is 0.133. The zero-order valence-corrected chi connectivity index (χ0v) is 11.2. The van der Waals surface area contributed by atoms with E-state index in [0.717, 1.165) is 0 Å². The molecule has 106 valence electrons. The van der Waals surface area contributed by atoms with Gasteiger partial charge in [0.15, 0.2) is 0 Å². The van der Waals surface area contributed by atoms with Gasteiger partial charge in [0.05, 0.1) is 12.0 Å². The highest BCUT2D eigenvalue weighted by molar-refractivity contribution is 5.78. The molecule has 1 aromatic carbocycles. The molecule has 0 saturated heterocycles. The van der Waals surface area contributed by atoms with E-state index in [-0.39, 0.29) is 24.2 Å². The van der Waals surface area contributed by atoms with Crippen molar-refractivity contribution in [3.8, 4) is 5.69 Å². The van der Waals surface area contributed by atoms with Crippen LogP contribution in [0.25, 0.3) is 5.69 Å². The number of benzene rings is 1. The number of aromatic nitrogens is 2. The summed E-state index contributed by atoms with van der Waals surface area (Å²) in [5.41, 5.74) is 6.53. The van der Waals surface area contributed by atoms with Gasteiger partial charge >= 0.3 is 0 Å². The molecular weight excluding hydrogens is 259 g/mol. The number of nitrogens with one attached hydrogen (secondary N) is 1. The number of amides is 1. The normalized spacial score (nSPS) is 12.2. The molecular formula is C14H17FN4O. The number of carbonyl (C=O) groups excluding carboxylic acids is 1. The first-order chi connectivity index (χ1) is 9.61. The van der Waals surface area contributed by atoms with Crippen LogP contribution in [0.3, 0.4) is 0 Å². The van der Waals surface area contributed by atoms with Crippen molar-refractivity contribution in [1.82, 2.24) is 14.9 Å². The monoisotopic (exact) mass is 276 g/mol. The van der Waals surface area contributed by atoms with Gasteiger partial charge in [0.25, 0.3) is 0 Å². The van der Waals surface area contributed by atoms with Gasteiger partial charge in [-0.15, -0.1) is 0 Å². The number of halogens is 1. The molecule has 0 saturated carbocycles. The number of carbonyl (C=O) groups is 1. The Balaban J connectivity index is 2.05. The van der Waals surface area contributed by atoms with Crippen LogP contribution in [0, 0.1) is 11.7 Å². The van der Waals surface area contributed by atoms with Crippen molar-refractivity contribution in [1.29, 1.82) is 0 Å². The van der Waals surface area contributed by atoms with E-state index < -0.39 is 0 Å². The Labute approximate surface area is 116 Å². The average molecular weight is 276 g/mol. The Bertz CT molecular complexity index is 583. The van der Waals surface area contributed by atoms with Gasteiger partial charge in [-0.05, 0) is 17.7 Å². The molecule has 3 N–H and O–H groups in total. The third-order valence-electron chi connectivity index (χ3n) is 3.06. The van der Waals surface area contributed by atoms with Crippen LogP contribution < -0.4 is 11.1 Å². The Kier molecular flexibility index (Phi) is 4.47. The maximum absolute atomic E-state index is 14.0. The summed E-state index contributed by atoms with van der Waals surface area (Å²) in [6, 6.07) is 4.83. The number of rotatable bonds is 5. The van der Waals surface area contributed by atoms with Crippen molar-refractivity contribution >= 4 is 5.91 Å². The minimum Gasteiger partial charge on any atom is -0.352 e. The van der Waals surface area contributed by atoms with Gasteiger partial charge in [0.2, 0.25) is 5.91 Å².